The Morgan fingerprint density at radius 3 is 2.56 bits per heavy atom. The summed E-state index contributed by atoms with van der Waals surface area (Å²) in [4.78, 5) is 0. The smallest absolute Gasteiger partial charge is 0.0533 e. The van der Waals surface area contributed by atoms with E-state index in [2.05, 4.69) is 0 Å². The molecule has 0 aromatic carbocycles. The van der Waals surface area contributed by atoms with Crippen molar-refractivity contribution < 1.29 is 4.74 Å². The number of halogens is 1. The normalized spacial score (nSPS) is 22.0. The summed E-state index contributed by atoms with van der Waals surface area (Å²) in [5.74, 6) is 0.771. The molecular weight excluding hydrogens is 136 g/mol. The molecule has 0 radical (unpaired) electrons. The van der Waals surface area contributed by atoms with Gasteiger partial charge in [-0.2, -0.15) is 0 Å². The van der Waals surface area contributed by atoms with E-state index in [9.17, 15) is 0 Å². The fourth-order valence-electron chi connectivity index (χ4n) is 0.812. The lowest BCUT2D eigenvalue weighted by molar-refractivity contribution is 0.109. The molecule has 1 fully saturated rings. The lowest BCUT2D eigenvalue weighted by Gasteiger charge is -2.09. The van der Waals surface area contributed by atoms with Crippen molar-refractivity contribution in [2.24, 2.45) is 5.41 Å². The molecule has 1 rings (SSSR count). The van der Waals surface area contributed by atoms with Crippen LogP contribution in [-0.2, 0) is 4.74 Å². The largest absolute Gasteiger partial charge is 0.381 e. The van der Waals surface area contributed by atoms with Gasteiger partial charge in [0.05, 0.1) is 6.61 Å². The maximum atomic E-state index is 5.71. The maximum Gasteiger partial charge on any atom is 0.0533 e. The van der Waals surface area contributed by atoms with Crippen LogP contribution in [0.25, 0.3) is 0 Å². The van der Waals surface area contributed by atoms with E-state index < -0.39 is 0 Å². The van der Waals surface area contributed by atoms with E-state index in [0.29, 0.717) is 5.41 Å². The van der Waals surface area contributed by atoms with Crippen molar-refractivity contribution in [3.63, 3.8) is 0 Å². The highest BCUT2D eigenvalue weighted by atomic mass is 35.5. The summed E-state index contributed by atoms with van der Waals surface area (Å²) in [5, 5.41) is 0. The zero-order valence-electron chi connectivity index (χ0n) is 5.82. The van der Waals surface area contributed by atoms with Crippen LogP contribution in [-0.4, -0.2) is 19.1 Å². The Morgan fingerprint density at radius 2 is 2.22 bits per heavy atom. The van der Waals surface area contributed by atoms with Crippen LogP contribution >= 0.6 is 11.6 Å². The number of rotatable bonds is 4. The molecule has 1 nitrogen and oxygen atoms in total. The summed E-state index contributed by atoms with van der Waals surface area (Å²) in [6.07, 6.45) is 2.52. The van der Waals surface area contributed by atoms with Crippen LogP contribution < -0.4 is 0 Å². The van der Waals surface area contributed by atoms with Crippen molar-refractivity contribution in [2.45, 2.75) is 19.8 Å². The SMILES string of the molecule is CCOCC1(CCl)CC1. The van der Waals surface area contributed by atoms with Crippen molar-refractivity contribution in [1.29, 1.82) is 0 Å². The van der Waals surface area contributed by atoms with Gasteiger partial charge < -0.3 is 4.74 Å². The minimum Gasteiger partial charge on any atom is -0.381 e. The second-order valence-electron chi connectivity index (χ2n) is 2.77. The molecule has 0 atom stereocenters. The fourth-order valence-corrected chi connectivity index (χ4v) is 1.16. The second kappa shape index (κ2) is 2.89. The Morgan fingerprint density at radius 1 is 1.56 bits per heavy atom. The number of alkyl halides is 1. The minimum atomic E-state index is 0.386. The molecule has 0 aromatic rings. The van der Waals surface area contributed by atoms with Crippen LogP contribution in [0.2, 0.25) is 0 Å². The van der Waals surface area contributed by atoms with Gasteiger partial charge >= 0.3 is 0 Å². The summed E-state index contributed by atoms with van der Waals surface area (Å²) >= 11 is 5.71. The van der Waals surface area contributed by atoms with Gasteiger partial charge in [-0.15, -0.1) is 11.6 Å². The quantitative estimate of drug-likeness (QED) is 0.555. The number of hydrogen-bond donors (Lipinski definition) is 0. The van der Waals surface area contributed by atoms with Gasteiger partial charge in [-0.1, -0.05) is 0 Å². The third-order valence-corrected chi connectivity index (χ3v) is 2.42. The first-order valence-electron chi connectivity index (χ1n) is 3.47. The van der Waals surface area contributed by atoms with Gasteiger partial charge in [0.15, 0.2) is 0 Å². The van der Waals surface area contributed by atoms with E-state index in [1.807, 2.05) is 6.92 Å². The Balaban J connectivity index is 2.10. The zero-order chi connectivity index (χ0) is 6.74. The van der Waals surface area contributed by atoms with Gasteiger partial charge in [0.2, 0.25) is 0 Å². The molecule has 2 heteroatoms. The van der Waals surface area contributed by atoms with Gasteiger partial charge in [0.25, 0.3) is 0 Å². The number of hydrogen-bond acceptors (Lipinski definition) is 1. The Hall–Kier alpha value is 0.250. The third kappa shape index (κ3) is 1.84. The highest BCUT2D eigenvalue weighted by molar-refractivity contribution is 6.18. The molecule has 9 heavy (non-hydrogen) atoms. The molecule has 0 aromatic heterocycles. The average molecular weight is 149 g/mol. The fraction of sp³-hybridized carbons (Fsp3) is 1.00. The van der Waals surface area contributed by atoms with E-state index in [-0.39, 0.29) is 0 Å². The van der Waals surface area contributed by atoms with Crippen LogP contribution in [0.4, 0.5) is 0 Å². The van der Waals surface area contributed by atoms with Crippen LogP contribution in [0.3, 0.4) is 0 Å². The second-order valence-corrected chi connectivity index (χ2v) is 3.04. The first-order valence-corrected chi connectivity index (χ1v) is 4.00. The first kappa shape index (κ1) is 7.36. The van der Waals surface area contributed by atoms with E-state index in [0.717, 1.165) is 19.1 Å². The summed E-state index contributed by atoms with van der Waals surface area (Å²) in [6.45, 7) is 3.70. The lowest BCUT2D eigenvalue weighted by Crippen LogP contribution is -2.11. The molecule has 0 N–H and O–H groups in total. The van der Waals surface area contributed by atoms with Crippen molar-refractivity contribution in [2.75, 3.05) is 19.1 Å². The topological polar surface area (TPSA) is 9.23 Å². The molecule has 0 heterocycles. The van der Waals surface area contributed by atoms with Gasteiger partial charge in [-0.05, 0) is 19.8 Å². The van der Waals surface area contributed by atoms with E-state index in [1.54, 1.807) is 0 Å². The van der Waals surface area contributed by atoms with Crippen molar-refractivity contribution in [3.05, 3.63) is 0 Å². The van der Waals surface area contributed by atoms with E-state index in [1.165, 1.54) is 12.8 Å². The summed E-state index contributed by atoms with van der Waals surface area (Å²) in [5.41, 5.74) is 0.386. The van der Waals surface area contributed by atoms with Gasteiger partial charge in [-0.25, -0.2) is 0 Å². The van der Waals surface area contributed by atoms with Crippen LogP contribution in [0, 0.1) is 5.41 Å². The molecule has 0 aliphatic heterocycles. The van der Waals surface area contributed by atoms with Gasteiger partial charge in [0.1, 0.15) is 0 Å². The third-order valence-electron chi connectivity index (χ3n) is 1.85. The van der Waals surface area contributed by atoms with Crippen molar-refractivity contribution >= 4 is 11.6 Å². The molecule has 0 saturated heterocycles. The Labute approximate surface area is 61.3 Å². The highest BCUT2D eigenvalue weighted by Gasteiger charge is 2.41. The monoisotopic (exact) mass is 148 g/mol. The van der Waals surface area contributed by atoms with Crippen LogP contribution in [0.1, 0.15) is 19.8 Å². The van der Waals surface area contributed by atoms with Crippen LogP contribution in [0.5, 0.6) is 0 Å². The van der Waals surface area contributed by atoms with Gasteiger partial charge in [-0.3, -0.25) is 0 Å². The molecule has 0 spiro atoms. The summed E-state index contributed by atoms with van der Waals surface area (Å²) < 4.78 is 5.27. The van der Waals surface area contributed by atoms with Crippen molar-refractivity contribution in [3.8, 4) is 0 Å². The predicted octanol–water partition coefficient (Wildman–Crippen LogP) is 2.04. The molecule has 1 aliphatic rings. The van der Waals surface area contributed by atoms with E-state index in [4.69, 9.17) is 16.3 Å². The standard InChI is InChI=1S/C7H13ClO/c1-2-9-6-7(5-8)3-4-7/h2-6H2,1H3. The number of ether oxygens (including phenoxy) is 1. The molecular formula is C7H13ClO. The van der Waals surface area contributed by atoms with Crippen molar-refractivity contribution in [1.82, 2.24) is 0 Å². The minimum absolute atomic E-state index is 0.386. The molecule has 1 saturated carbocycles. The predicted molar refractivity (Wildman–Crippen MR) is 38.9 cm³/mol. The molecule has 1 aliphatic carbocycles. The molecule has 0 bridgehead atoms. The highest BCUT2D eigenvalue weighted by Crippen LogP contribution is 2.46. The van der Waals surface area contributed by atoms with E-state index >= 15 is 0 Å². The first-order chi connectivity index (χ1) is 4.33. The average Bonchev–Trinajstić information content (AvgIpc) is 2.65. The van der Waals surface area contributed by atoms with Gasteiger partial charge in [0, 0.05) is 17.9 Å². The van der Waals surface area contributed by atoms with Crippen LogP contribution in [0.15, 0.2) is 0 Å². The summed E-state index contributed by atoms with van der Waals surface area (Å²) in [7, 11) is 0. The zero-order valence-corrected chi connectivity index (χ0v) is 6.58. The molecule has 0 unspecified atom stereocenters. The Bertz CT molecular complexity index is 88.9. The summed E-state index contributed by atoms with van der Waals surface area (Å²) in [6, 6.07) is 0. The molecule has 0 amide bonds. The molecule has 54 valence electrons. The Kier molecular flexibility index (Phi) is 2.36. The lowest BCUT2D eigenvalue weighted by atomic mass is 10.2. The maximum absolute atomic E-state index is 5.71.